The van der Waals surface area contributed by atoms with Crippen LogP contribution in [-0.4, -0.2) is 23.2 Å². The predicted octanol–water partition coefficient (Wildman–Crippen LogP) is 2.42. The van der Waals surface area contributed by atoms with E-state index < -0.39 is 0 Å². The molecule has 0 spiro atoms. The highest BCUT2D eigenvalue weighted by Crippen LogP contribution is 2.20. The second kappa shape index (κ2) is 5.47. The van der Waals surface area contributed by atoms with Gasteiger partial charge in [-0.1, -0.05) is 18.2 Å². The molecule has 16 heavy (non-hydrogen) atoms. The normalized spacial score (nSPS) is 10.6. The van der Waals surface area contributed by atoms with Crippen molar-refractivity contribution in [3.8, 4) is 0 Å². The van der Waals surface area contributed by atoms with Gasteiger partial charge in [0.15, 0.2) is 0 Å². The summed E-state index contributed by atoms with van der Waals surface area (Å²) < 4.78 is 0. The summed E-state index contributed by atoms with van der Waals surface area (Å²) in [5, 5.41) is 13.2. The first kappa shape index (κ1) is 10.9. The van der Waals surface area contributed by atoms with E-state index in [0.717, 1.165) is 36.0 Å². The minimum absolute atomic E-state index is 0.259. The van der Waals surface area contributed by atoms with Gasteiger partial charge in [0.2, 0.25) is 0 Å². The first-order valence-corrected chi connectivity index (χ1v) is 5.60. The van der Waals surface area contributed by atoms with Crippen LogP contribution >= 0.6 is 0 Å². The molecule has 0 aliphatic rings. The molecular formula is C13H16N2O. The van der Waals surface area contributed by atoms with Crippen molar-refractivity contribution in [3.05, 3.63) is 36.5 Å². The SMILES string of the molecule is OCCCCNc1cccc2cccnc12. The van der Waals surface area contributed by atoms with Crippen LogP contribution in [0.15, 0.2) is 36.5 Å². The number of unbranched alkanes of at least 4 members (excludes halogenated alkanes) is 1. The number of nitrogens with one attached hydrogen (secondary N) is 1. The molecule has 0 saturated carbocycles. The zero-order valence-corrected chi connectivity index (χ0v) is 9.19. The Kier molecular flexibility index (Phi) is 3.72. The fourth-order valence-corrected chi connectivity index (χ4v) is 1.71. The second-order valence-corrected chi connectivity index (χ2v) is 3.74. The smallest absolute Gasteiger partial charge is 0.0933 e. The van der Waals surface area contributed by atoms with Crippen molar-refractivity contribution in [2.45, 2.75) is 12.8 Å². The molecule has 0 aliphatic heterocycles. The van der Waals surface area contributed by atoms with Gasteiger partial charge >= 0.3 is 0 Å². The van der Waals surface area contributed by atoms with Gasteiger partial charge in [-0.25, -0.2) is 0 Å². The van der Waals surface area contributed by atoms with Crippen molar-refractivity contribution in [1.29, 1.82) is 0 Å². The summed E-state index contributed by atoms with van der Waals surface area (Å²) in [6, 6.07) is 10.1. The standard InChI is InChI=1S/C13H16N2O/c16-10-2-1-8-14-12-7-3-5-11-6-4-9-15-13(11)12/h3-7,9,14,16H,1-2,8,10H2. The third-order valence-electron chi connectivity index (χ3n) is 2.53. The number of benzene rings is 1. The van der Waals surface area contributed by atoms with Gasteiger partial charge in [0.05, 0.1) is 11.2 Å². The number of rotatable bonds is 5. The number of aliphatic hydroxyl groups is 1. The van der Waals surface area contributed by atoms with Crippen LogP contribution in [0.25, 0.3) is 10.9 Å². The van der Waals surface area contributed by atoms with Gasteiger partial charge < -0.3 is 10.4 Å². The van der Waals surface area contributed by atoms with Crippen molar-refractivity contribution in [3.63, 3.8) is 0 Å². The zero-order chi connectivity index (χ0) is 11.2. The van der Waals surface area contributed by atoms with Gasteiger partial charge in [-0.2, -0.15) is 0 Å². The number of aromatic nitrogens is 1. The molecule has 0 fully saturated rings. The summed E-state index contributed by atoms with van der Waals surface area (Å²) in [5.74, 6) is 0. The van der Waals surface area contributed by atoms with Gasteiger partial charge in [0, 0.05) is 24.7 Å². The van der Waals surface area contributed by atoms with E-state index in [1.54, 1.807) is 6.20 Å². The highest BCUT2D eigenvalue weighted by atomic mass is 16.2. The quantitative estimate of drug-likeness (QED) is 0.754. The maximum Gasteiger partial charge on any atom is 0.0933 e. The molecule has 0 saturated heterocycles. The minimum atomic E-state index is 0.259. The van der Waals surface area contributed by atoms with Crippen LogP contribution < -0.4 is 5.32 Å². The molecule has 2 N–H and O–H groups in total. The third-order valence-corrected chi connectivity index (χ3v) is 2.53. The van der Waals surface area contributed by atoms with Crippen LogP contribution in [0.1, 0.15) is 12.8 Å². The lowest BCUT2D eigenvalue weighted by atomic mass is 10.2. The lowest BCUT2D eigenvalue weighted by Gasteiger charge is -2.08. The Bertz CT molecular complexity index is 451. The maximum absolute atomic E-state index is 8.70. The Morgan fingerprint density at radius 1 is 1.12 bits per heavy atom. The molecule has 2 aromatic rings. The van der Waals surface area contributed by atoms with Gasteiger partial charge in [-0.05, 0) is 25.0 Å². The number of pyridine rings is 1. The van der Waals surface area contributed by atoms with E-state index >= 15 is 0 Å². The van der Waals surface area contributed by atoms with E-state index in [9.17, 15) is 0 Å². The van der Waals surface area contributed by atoms with Crippen molar-refractivity contribution in [1.82, 2.24) is 4.98 Å². The van der Waals surface area contributed by atoms with Gasteiger partial charge in [0.25, 0.3) is 0 Å². The highest BCUT2D eigenvalue weighted by molar-refractivity contribution is 5.90. The van der Waals surface area contributed by atoms with Crippen LogP contribution in [0.5, 0.6) is 0 Å². The van der Waals surface area contributed by atoms with Crippen LogP contribution in [-0.2, 0) is 0 Å². The Balaban J connectivity index is 2.11. The maximum atomic E-state index is 8.70. The fourth-order valence-electron chi connectivity index (χ4n) is 1.71. The van der Waals surface area contributed by atoms with Crippen molar-refractivity contribution in [2.24, 2.45) is 0 Å². The summed E-state index contributed by atoms with van der Waals surface area (Å²) in [7, 11) is 0. The molecular weight excluding hydrogens is 200 g/mol. The molecule has 84 valence electrons. The van der Waals surface area contributed by atoms with Crippen molar-refractivity contribution in [2.75, 3.05) is 18.5 Å². The number of nitrogens with zero attached hydrogens (tertiary/aromatic N) is 1. The van der Waals surface area contributed by atoms with Crippen molar-refractivity contribution < 1.29 is 5.11 Å². The molecule has 0 radical (unpaired) electrons. The number of aliphatic hydroxyl groups excluding tert-OH is 1. The Labute approximate surface area is 95.1 Å². The van der Waals surface area contributed by atoms with E-state index in [1.165, 1.54) is 0 Å². The largest absolute Gasteiger partial charge is 0.396 e. The monoisotopic (exact) mass is 216 g/mol. The summed E-state index contributed by atoms with van der Waals surface area (Å²) in [6.45, 7) is 1.13. The zero-order valence-electron chi connectivity index (χ0n) is 9.19. The number of para-hydroxylation sites is 1. The first-order valence-electron chi connectivity index (χ1n) is 5.60. The summed E-state index contributed by atoms with van der Waals surface area (Å²) in [6.07, 6.45) is 3.62. The van der Waals surface area contributed by atoms with Crippen LogP contribution in [0.4, 0.5) is 5.69 Å². The lowest BCUT2D eigenvalue weighted by Crippen LogP contribution is -2.03. The summed E-state index contributed by atoms with van der Waals surface area (Å²) >= 11 is 0. The van der Waals surface area contributed by atoms with Gasteiger partial charge in [-0.3, -0.25) is 4.98 Å². The first-order chi connectivity index (χ1) is 7.92. The van der Waals surface area contributed by atoms with E-state index in [2.05, 4.69) is 22.4 Å². The van der Waals surface area contributed by atoms with Gasteiger partial charge in [0.1, 0.15) is 0 Å². The molecule has 1 aromatic heterocycles. The molecule has 3 nitrogen and oxygen atoms in total. The lowest BCUT2D eigenvalue weighted by molar-refractivity contribution is 0.286. The second-order valence-electron chi connectivity index (χ2n) is 3.74. The molecule has 0 atom stereocenters. The van der Waals surface area contributed by atoms with E-state index in [4.69, 9.17) is 5.11 Å². The van der Waals surface area contributed by atoms with Crippen LogP contribution in [0.3, 0.4) is 0 Å². The fraction of sp³-hybridized carbons (Fsp3) is 0.308. The molecule has 3 heteroatoms. The van der Waals surface area contributed by atoms with Crippen molar-refractivity contribution >= 4 is 16.6 Å². The average Bonchev–Trinajstić information content (AvgIpc) is 2.35. The van der Waals surface area contributed by atoms with Gasteiger partial charge in [-0.15, -0.1) is 0 Å². The van der Waals surface area contributed by atoms with Crippen LogP contribution in [0, 0.1) is 0 Å². The topological polar surface area (TPSA) is 45.1 Å². The number of anilines is 1. The molecule has 1 heterocycles. The third kappa shape index (κ3) is 2.49. The number of fused-ring (bicyclic) bond motifs is 1. The highest BCUT2D eigenvalue weighted by Gasteiger charge is 1.99. The van der Waals surface area contributed by atoms with E-state index in [0.29, 0.717) is 0 Å². The predicted molar refractivity (Wildman–Crippen MR) is 66.6 cm³/mol. The van der Waals surface area contributed by atoms with E-state index in [1.807, 2.05) is 18.2 Å². The van der Waals surface area contributed by atoms with E-state index in [-0.39, 0.29) is 6.61 Å². The molecule has 0 bridgehead atoms. The molecule has 2 rings (SSSR count). The summed E-state index contributed by atoms with van der Waals surface area (Å²) in [5.41, 5.74) is 2.07. The average molecular weight is 216 g/mol. The minimum Gasteiger partial charge on any atom is -0.396 e. The number of hydrogen-bond acceptors (Lipinski definition) is 3. The summed E-state index contributed by atoms with van der Waals surface area (Å²) in [4.78, 5) is 4.37. The Hall–Kier alpha value is -1.61. The Morgan fingerprint density at radius 3 is 2.88 bits per heavy atom. The molecule has 0 amide bonds. The molecule has 0 unspecified atom stereocenters. The number of hydrogen-bond donors (Lipinski definition) is 2. The molecule has 0 aliphatic carbocycles. The Morgan fingerprint density at radius 2 is 2.00 bits per heavy atom. The molecule has 1 aromatic carbocycles. The van der Waals surface area contributed by atoms with Crippen LogP contribution in [0.2, 0.25) is 0 Å².